The highest BCUT2D eigenvalue weighted by atomic mass is 32.2. The Morgan fingerprint density at radius 3 is 2.58 bits per heavy atom. The lowest BCUT2D eigenvalue weighted by Crippen LogP contribution is -2.42. The average Bonchev–Trinajstić information content (AvgIpc) is 3.18. The van der Waals surface area contributed by atoms with Crippen molar-refractivity contribution in [2.45, 2.75) is 30.4 Å². The minimum Gasteiger partial charge on any atom is -0.497 e. The summed E-state index contributed by atoms with van der Waals surface area (Å²) >= 11 is 1.32. The van der Waals surface area contributed by atoms with Gasteiger partial charge in [0.15, 0.2) is 5.78 Å². The van der Waals surface area contributed by atoms with Crippen LogP contribution in [-0.2, 0) is 16.4 Å². The molecule has 0 aliphatic carbocycles. The molecule has 0 radical (unpaired) electrons. The molecule has 0 bridgehead atoms. The molecule has 7 heteroatoms. The van der Waals surface area contributed by atoms with Crippen molar-refractivity contribution < 1.29 is 17.9 Å². The highest BCUT2D eigenvalue weighted by Crippen LogP contribution is 2.30. The smallest absolute Gasteiger partial charge is 0.252 e. The van der Waals surface area contributed by atoms with Crippen molar-refractivity contribution in [3.8, 4) is 5.75 Å². The fourth-order valence-corrected chi connectivity index (χ4v) is 6.15. The van der Waals surface area contributed by atoms with Crippen LogP contribution in [0.1, 0.15) is 35.0 Å². The van der Waals surface area contributed by atoms with Crippen molar-refractivity contribution in [2.24, 2.45) is 5.92 Å². The van der Waals surface area contributed by atoms with Crippen LogP contribution in [-0.4, -0.2) is 38.7 Å². The van der Waals surface area contributed by atoms with Crippen LogP contribution in [0, 0.1) is 5.92 Å². The topological polar surface area (TPSA) is 63.7 Å². The number of hydrogen-bond acceptors (Lipinski definition) is 5. The molecule has 1 aromatic heterocycles. The van der Waals surface area contributed by atoms with Gasteiger partial charge in [-0.2, -0.15) is 4.31 Å². The van der Waals surface area contributed by atoms with Crippen LogP contribution in [0.2, 0.25) is 0 Å². The van der Waals surface area contributed by atoms with E-state index in [1.165, 1.54) is 15.6 Å². The number of nitrogens with zero attached hydrogens (tertiary/aromatic N) is 1. The van der Waals surface area contributed by atoms with Gasteiger partial charge < -0.3 is 4.74 Å². The summed E-state index contributed by atoms with van der Waals surface area (Å²) in [6, 6.07) is 10.5. The Balaban J connectivity index is 1.76. The molecule has 140 valence electrons. The number of ketones is 1. The van der Waals surface area contributed by atoms with Crippen LogP contribution in [0.5, 0.6) is 5.75 Å². The van der Waals surface area contributed by atoms with E-state index in [4.69, 9.17) is 4.74 Å². The van der Waals surface area contributed by atoms with Gasteiger partial charge in [-0.05, 0) is 55.7 Å². The molecule has 1 aliphatic heterocycles. The Kier molecular flexibility index (Phi) is 5.79. The molecule has 1 saturated heterocycles. The first-order chi connectivity index (χ1) is 12.5. The van der Waals surface area contributed by atoms with Gasteiger partial charge in [-0.3, -0.25) is 4.79 Å². The average molecular weight is 394 g/mol. The molecular formula is C19H23NO4S2. The second-order valence-corrected chi connectivity index (χ2v) is 9.70. The second kappa shape index (κ2) is 7.90. The maximum Gasteiger partial charge on any atom is 0.252 e. The van der Waals surface area contributed by atoms with Crippen LogP contribution < -0.4 is 4.74 Å². The van der Waals surface area contributed by atoms with E-state index in [1.54, 1.807) is 37.4 Å². The van der Waals surface area contributed by atoms with Gasteiger partial charge in [0.2, 0.25) is 0 Å². The summed E-state index contributed by atoms with van der Waals surface area (Å²) in [6.07, 6.45) is 2.22. The molecule has 1 atom stereocenters. The number of carbonyl (C=O) groups excluding carboxylic acids is 1. The number of rotatable bonds is 6. The first kappa shape index (κ1) is 19.1. The molecule has 3 rings (SSSR count). The summed E-state index contributed by atoms with van der Waals surface area (Å²) in [6.45, 7) is 2.72. The highest BCUT2D eigenvalue weighted by molar-refractivity contribution is 7.91. The zero-order chi connectivity index (χ0) is 18.7. The van der Waals surface area contributed by atoms with E-state index < -0.39 is 10.0 Å². The molecule has 0 saturated carbocycles. The number of Topliss-reactive ketones (excluding diaryl/α,β-unsaturated/α-hetero) is 1. The molecule has 2 heterocycles. The third kappa shape index (κ3) is 3.84. The number of methoxy groups -OCH3 is 1. The largest absolute Gasteiger partial charge is 0.497 e. The predicted molar refractivity (Wildman–Crippen MR) is 103 cm³/mol. The van der Waals surface area contributed by atoms with Crippen LogP contribution in [0.25, 0.3) is 0 Å². The van der Waals surface area contributed by atoms with Crippen molar-refractivity contribution in [1.82, 2.24) is 4.31 Å². The van der Waals surface area contributed by atoms with Gasteiger partial charge in [-0.25, -0.2) is 8.42 Å². The lowest BCUT2D eigenvalue weighted by molar-refractivity contribution is 0.0872. The molecule has 0 spiro atoms. The molecule has 26 heavy (non-hydrogen) atoms. The predicted octanol–water partition coefficient (Wildman–Crippen LogP) is 3.60. The molecule has 1 unspecified atom stereocenters. The molecule has 5 nitrogen and oxygen atoms in total. The summed E-state index contributed by atoms with van der Waals surface area (Å²) in [5.74, 6) is 0.379. The maximum atomic E-state index is 12.9. The Morgan fingerprint density at radius 1 is 1.23 bits per heavy atom. The first-order valence-corrected chi connectivity index (χ1v) is 11.0. The number of thiophene rings is 1. The SMILES string of the molecule is CCc1ccc(S(=O)(=O)N2CCCC(C(=O)c3ccc(OC)cc3)C2)s1. The first-order valence-electron chi connectivity index (χ1n) is 8.73. The zero-order valence-electron chi connectivity index (χ0n) is 15.0. The summed E-state index contributed by atoms with van der Waals surface area (Å²) < 4.78 is 32.8. The number of ether oxygens (including phenoxy) is 1. The third-order valence-electron chi connectivity index (χ3n) is 4.71. The van der Waals surface area contributed by atoms with E-state index in [2.05, 4.69) is 0 Å². The van der Waals surface area contributed by atoms with Crippen LogP contribution >= 0.6 is 11.3 Å². The highest BCUT2D eigenvalue weighted by Gasteiger charge is 2.34. The van der Waals surface area contributed by atoms with E-state index in [0.717, 1.165) is 11.3 Å². The van der Waals surface area contributed by atoms with E-state index in [1.807, 2.05) is 13.0 Å². The lowest BCUT2D eigenvalue weighted by Gasteiger charge is -2.30. The fourth-order valence-electron chi connectivity index (χ4n) is 3.18. The van der Waals surface area contributed by atoms with E-state index in [9.17, 15) is 13.2 Å². The minimum absolute atomic E-state index is 0.00650. The van der Waals surface area contributed by atoms with Crippen LogP contribution in [0.3, 0.4) is 0 Å². The Bertz CT molecular complexity index is 871. The van der Waals surface area contributed by atoms with Gasteiger partial charge >= 0.3 is 0 Å². The van der Waals surface area contributed by atoms with Gasteiger partial charge in [0.05, 0.1) is 7.11 Å². The Hall–Kier alpha value is -1.70. The van der Waals surface area contributed by atoms with Gasteiger partial charge in [-0.1, -0.05) is 6.92 Å². The van der Waals surface area contributed by atoms with Crippen LogP contribution in [0.4, 0.5) is 0 Å². The van der Waals surface area contributed by atoms with Crippen LogP contribution in [0.15, 0.2) is 40.6 Å². The Labute approximate surface area is 158 Å². The molecule has 1 aliphatic rings. The monoisotopic (exact) mass is 393 g/mol. The molecule has 1 aromatic carbocycles. The number of aryl methyl sites for hydroxylation is 1. The summed E-state index contributed by atoms with van der Waals surface area (Å²) in [5, 5.41) is 0. The van der Waals surface area contributed by atoms with Gasteiger partial charge in [0.1, 0.15) is 9.96 Å². The number of hydrogen-bond donors (Lipinski definition) is 0. The molecular weight excluding hydrogens is 370 g/mol. The molecule has 0 amide bonds. The molecule has 2 aromatic rings. The number of benzene rings is 1. The minimum atomic E-state index is -3.53. The lowest BCUT2D eigenvalue weighted by atomic mass is 9.91. The van der Waals surface area contributed by atoms with Crippen molar-refractivity contribution in [2.75, 3.05) is 20.2 Å². The second-order valence-electron chi connectivity index (χ2n) is 6.37. The molecule has 0 N–H and O–H groups in total. The maximum absolute atomic E-state index is 12.9. The van der Waals surface area contributed by atoms with Crippen molar-refractivity contribution in [1.29, 1.82) is 0 Å². The van der Waals surface area contributed by atoms with Crippen molar-refractivity contribution >= 4 is 27.1 Å². The van der Waals surface area contributed by atoms with E-state index in [-0.39, 0.29) is 18.2 Å². The number of sulfonamides is 1. The van der Waals surface area contributed by atoms with Gasteiger partial charge in [0.25, 0.3) is 10.0 Å². The van der Waals surface area contributed by atoms with Gasteiger partial charge in [0, 0.05) is 29.4 Å². The van der Waals surface area contributed by atoms with Crippen molar-refractivity contribution in [3.05, 3.63) is 46.8 Å². The van der Waals surface area contributed by atoms with E-state index in [0.29, 0.717) is 34.9 Å². The number of carbonyl (C=O) groups is 1. The fraction of sp³-hybridized carbons (Fsp3) is 0.421. The van der Waals surface area contributed by atoms with Gasteiger partial charge in [-0.15, -0.1) is 11.3 Å². The standard InChI is InChI=1S/C19H23NO4S2/c1-3-17-10-11-18(25-17)26(22,23)20-12-4-5-15(13-20)19(21)14-6-8-16(24-2)9-7-14/h6-11,15H,3-5,12-13H2,1-2H3. The van der Waals surface area contributed by atoms with Crippen molar-refractivity contribution in [3.63, 3.8) is 0 Å². The summed E-state index contributed by atoms with van der Waals surface area (Å²) in [7, 11) is -1.95. The molecule has 1 fully saturated rings. The third-order valence-corrected chi connectivity index (χ3v) is 8.27. The number of piperidine rings is 1. The summed E-state index contributed by atoms with van der Waals surface area (Å²) in [5.41, 5.74) is 0.597. The quantitative estimate of drug-likeness (QED) is 0.704. The summed E-state index contributed by atoms with van der Waals surface area (Å²) in [4.78, 5) is 13.8. The zero-order valence-corrected chi connectivity index (χ0v) is 16.6. The van der Waals surface area contributed by atoms with E-state index >= 15 is 0 Å². The normalized spacial score (nSPS) is 18.6. The Morgan fingerprint density at radius 2 is 1.96 bits per heavy atom.